The van der Waals surface area contributed by atoms with Gasteiger partial charge in [-0.3, -0.25) is 14.4 Å². The molecule has 1 saturated heterocycles. The van der Waals surface area contributed by atoms with Crippen LogP contribution in [0.4, 0.5) is 0 Å². The van der Waals surface area contributed by atoms with Gasteiger partial charge >= 0.3 is 0 Å². The van der Waals surface area contributed by atoms with E-state index < -0.39 is 12.0 Å². The molecule has 2 N–H and O–H groups in total. The van der Waals surface area contributed by atoms with Crippen molar-refractivity contribution in [1.29, 1.82) is 0 Å². The van der Waals surface area contributed by atoms with Crippen molar-refractivity contribution in [2.45, 2.75) is 63.7 Å². The van der Waals surface area contributed by atoms with Crippen molar-refractivity contribution in [2.24, 2.45) is 11.8 Å². The average Bonchev–Trinajstić information content (AvgIpc) is 3.25. The molecule has 2 bridgehead atoms. The number of aliphatic hydroxyl groups excluding tert-OH is 1. The highest BCUT2D eigenvalue weighted by Crippen LogP contribution is 2.48. The Morgan fingerprint density at radius 1 is 1.26 bits per heavy atom. The standard InChI is InChI=1S/C20H27N3O4/c1-2-16(25)23-15-10-22-14(8-5-9-17(22)26)19(23)18(13(15)11-24)20(27)21-12-6-3-4-7-12/h5,8-9,12-13,15,18-19,24H,2-4,6-7,10-11H2,1H3,(H,21,27)/t13-,15-,18+,19+/m0/s1. The van der Waals surface area contributed by atoms with Gasteiger partial charge in [-0.05, 0) is 18.9 Å². The molecule has 1 aliphatic carbocycles. The monoisotopic (exact) mass is 373 g/mol. The van der Waals surface area contributed by atoms with Gasteiger partial charge in [-0.2, -0.15) is 0 Å². The third-order valence-electron chi connectivity index (χ3n) is 6.51. The molecule has 3 aliphatic rings. The van der Waals surface area contributed by atoms with Crippen molar-refractivity contribution in [1.82, 2.24) is 14.8 Å². The van der Waals surface area contributed by atoms with E-state index in [0.29, 0.717) is 18.7 Å². The molecule has 4 atom stereocenters. The molecular weight excluding hydrogens is 346 g/mol. The first-order chi connectivity index (χ1) is 13.1. The van der Waals surface area contributed by atoms with Gasteiger partial charge < -0.3 is 19.9 Å². The molecule has 0 aromatic carbocycles. The first kappa shape index (κ1) is 18.2. The summed E-state index contributed by atoms with van der Waals surface area (Å²) in [5, 5.41) is 13.3. The summed E-state index contributed by atoms with van der Waals surface area (Å²) in [6.07, 6.45) is 4.51. The molecule has 7 heteroatoms. The summed E-state index contributed by atoms with van der Waals surface area (Å²) in [5.74, 6) is -1.05. The lowest BCUT2D eigenvalue weighted by Gasteiger charge is -2.38. The Morgan fingerprint density at radius 2 is 2.00 bits per heavy atom. The van der Waals surface area contributed by atoms with Crippen LogP contribution in [0.5, 0.6) is 0 Å². The van der Waals surface area contributed by atoms with Gasteiger partial charge in [0.25, 0.3) is 5.56 Å². The summed E-state index contributed by atoms with van der Waals surface area (Å²) in [6, 6.07) is 4.35. The molecule has 1 aromatic heterocycles. The third-order valence-corrected chi connectivity index (χ3v) is 6.51. The third kappa shape index (κ3) is 2.88. The zero-order valence-electron chi connectivity index (χ0n) is 15.6. The maximum atomic E-state index is 13.2. The molecule has 2 amide bonds. The Hall–Kier alpha value is -2.15. The Labute approximate surface area is 158 Å². The molecule has 0 radical (unpaired) electrons. The van der Waals surface area contributed by atoms with E-state index in [1.54, 1.807) is 22.5 Å². The van der Waals surface area contributed by atoms with E-state index in [-0.39, 0.29) is 42.0 Å². The van der Waals surface area contributed by atoms with Crippen molar-refractivity contribution < 1.29 is 14.7 Å². The average molecular weight is 373 g/mol. The number of carbonyl (C=O) groups is 2. The van der Waals surface area contributed by atoms with Crippen LogP contribution in [0.2, 0.25) is 0 Å². The number of fused-ring (bicyclic) bond motifs is 4. The Kier molecular flexibility index (Phi) is 4.80. The Morgan fingerprint density at radius 3 is 2.67 bits per heavy atom. The topological polar surface area (TPSA) is 91.6 Å². The number of nitrogens with one attached hydrogen (secondary N) is 1. The van der Waals surface area contributed by atoms with Gasteiger partial charge in [0.05, 0.1) is 18.0 Å². The van der Waals surface area contributed by atoms with Crippen molar-refractivity contribution >= 4 is 11.8 Å². The van der Waals surface area contributed by atoms with Crippen LogP contribution in [0.1, 0.15) is 50.8 Å². The van der Waals surface area contributed by atoms with E-state index in [1.165, 1.54) is 6.07 Å². The number of pyridine rings is 1. The lowest BCUT2D eigenvalue weighted by atomic mass is 9.86. The Bertz CT molecular complexity index is 799. The number of nitrogens with zero attached hydrogens (tertiary/aromatic N) is 2. The quantitative estimate of drug-likeness (QED) is 0.817. The van der Waals surface area contributed by atoms with E-state index in [4.69, 9.17) is 0 Å². The first-order valence-electron chi connectivity index (χ1n) is 9.99. The van der Waals surface area contributed by atoms with Gasteiger partial charge in [-0.15, -0.1) is 0 Å². The largest absolute Gasteiger partial charge is 0.396 e. The van der Waals surface area contributed by atoms with Crippen LogP contribution in [-0.4, -0.2) is 45.1 Å². The van der Waals surface area contributed by atoms with Gasteiger partial charge in [0.1, 0.15) is 0 Å². The number of amides is 2. The minimum absolute atomic E-state index is 0.0397. The maximum Gasteiger partial charge on any atom is 0.250 e. The fourth-order valence-electron chi connectivity index (χ4n) is 5.25. The number of aliphatic hydroxyl groups is 1. The summed E-state index contributed by atoms with van der Waals surface area (Å²) >= 11 is 0. The van der Waals surface area contributed by atoms with Crippen molar-refractivity contribution in [3.8, 4) is 0 Å². The van der Waals surface area contributed by atoms with E-state index in [0.717, 1.165) is 25.7 Å². The molecule has 27 heavy (non-hydrogen) atoms. The first-order valence-corrected chi connectivity index (χ1v) is 9.99. The highest BCUT2D eigenvalue weighted by molar-refractivity contribution is 5.84. The molecule has 1 aromatic rings. The zero-order chi connectivity index (χ0) is 19.1. The van der Waals surface area contributed by atoms with E-state index in [2.05, 4.69) is 5.32 Å². The van der Waals surface area contributed by atoms with Crippen molar-refractivity contribution in [3.63, 3.8) is 0 Å². The summed E-state index contributed by atoms with van der Waals surface area (Å²) in [6.45, 7) is 1.95. The second-order valence-corrected chi connectivity index (χ2v) is 7.93. The fraction of sp³-hybridized carbons (Fsp3) is 0.650. The summed E-state index contributed by atoms with van der Waals surface area (Å²) in [4.78, 5) is 40.1. The second-order valence-electron chi connectivity index (χ2n) is 7.93. The number of hydrogen-bond donors (Lipinski definition) is 2. The van der Waals surface area contributed by atoms with Crippen LogP contribution >= 0.6 is 0 Å². The lowest BCUT2D eigenvalue weighted by Crippen LogP contribution is -2.48. The molecular formula is C20H27N3O4. The second kappa shape index (κ2) is 7.11. The number of carbonyl (C=O) groups excluding carboxylic acids is 2. The molecule has 1 saturated carbocycles. The van der Waals surface area contributed by atoms with Gasteiger partial charge in [-0.25, -0.2) is 0 Å². The predicted octanol–water partition coefficient (Wildman–Crippen LogP) is 0.807. The number of hydrogen-bond acceptors (Lipinski definition) is 4. The van der Waals surface area contributed by atoms with Crippen LogP contribution in [0.15, 0.2) is 23.0 Å². The fourth-order valence-corrected chi connectivity index (χ4v) is 5.25. The normalized spacial score (nSPS) is 29.6. The number of rotatable bonds is 4. The highest BCUT2D eigenvalue weighted by Gasteiger charge is 2.57. The van der Waals surface area contributed by atoms with Crippen LogP contribution < -0.4 is 10.9 Å². The van der Waals surface area contributed by atoms with Gasteiger partial charge in [-0.1, -0.05) is 25.8 Å². The van der Waals surface area contributed by atoms with Gasteiger partial charge in [0, 0.05) is 43.3 Å². The molecule has 2 fully saturated rings. The molecule has 7 nitrogen and oxygen atoms in total. The van der Waals surface area contributed by atoms with E-state index in [9.17, 15) is 19.5 Å². The zero-order valence-corrected chi connectivity index (χ0v) is 15.6. The van der Waals surface area contributed by atoms with Crippen LogP contribution in [0, 0.1) is 11.8 Å². The van der Waals surface area contributed by atoms with Crippen LogP contribution in [0.3, 0.4) is 0 Å². The molecule has 0 unspecified atom stereocenters. The van der Waals surface area contributed by atoms with Gasteiger partial charge in [0.2, 0.25) is 11.8 Å². The van der Waals surface area contributed by atoms with E-state index >= 15 is 0 Å². The smallest absolute Gasteiger partial charge is 0.250 e. The lowest BCUT2D eigenvalue weighted by molar-refractivity contribution is -0.136. The predicted molar refractivity (Wildman–Crippen MR) is 98.8 cm³/mol. The van der Waals surface area contributed by atoms with Crippen LogP contribution in [-0.2, 0) is 16.1 Å². The summed E-state index contributed by atoms with van der Waals surface area (Å²) < 4.78 is 1.67. The SMILES string of the molecule is CCC(=O)N1[C@@H]2c3cccc(=O)n3C[C@H]1[C@H](CO)[C@H]2C(=O)NC1CCCC1. The minimum atomic E-state index is -0.536. The highest BCUT2D eigenvalue weighted by atomic mass is 16.3. The Balaban J connectivity index is 1.76. The van der Waals surface area contributed by atoms with Crippen molar-refractivity contribution in [2.75, 3.05) is 6.61 Å². The van der Waals surface area contributed by atoms with E-state index in [1.807, 2.05) is 6.07 Å². The summed E-state index contributed by atoms with van der Waals surface area (Å²) in [5.41, 5.74) is 0.572. The minimum Gasteiger partial charge on any atom is -0.396 e. The maximum absolute atomic E-state index is 13.2. The number of aromatic nitrogens is 1. The van der Waals surface area contributed by atoms with Crippen LogP contribution in [0.25, 0.3) is 0 Å². The molecule has 146 valence electrons. The summed E-state index contributed by atoms with van der Waals surface area (Å²) in [7, 11) is 0. The molecule has 2 aliphatic heterocycles. The molecule has 3 heterocycles. The molecule has 4 rings (SSSR count). The van der Waals surface area contributed by atoms with Crippen molar-refractivity contribution in [3.05, 3.63) is 34.2 Å². The van der Waals surface area contributed by atoms with Gasteiger partial charge in [0.15, 0.2) is 0 Å². The molecule has 0 spiro atoms.